The lowest BCUT2D eigenvalue weighted by Crippen LogP contribution is -2.40. The van der Waals surface area contributed by atoms with E-state index in [4.69, 9.17) is 5.73 Å². The minimum absolute atomic E-state index is 0. The van der Waals surface area contributed by atoms with E-state index in [0.717, 1.165) is 19.0 Å². The van der Waals surface area contributed by atoms with Crippen molar-refractivity contribution in [3.8, 4) is 0 Å². The van der Waals surface area contributed by atoms with Gasteiger partial charge < -0.3 is 15.5 Å². The summed E-state index contributed by atoms with van der Waals surface area (Å²) in [6.45, 7) is 8.52. The topological polar surface area (TPSA) is 32.5 Å². The van der Waals surface area contributed by atoms with Crippen molar-refractivity contribution in [3.05, 3.63) is 0 Å². The predicted molar refractivity (Wildman–Crippen MR) is 71.1 cm³/mol. The Kier molecular flexibility index (Phi) is 6.66. The van der Waals surface area contributed by atoms with E-state index >= 15 is 0 Å². The molecule has 0 atom stereocenters. The number of piperidine rings is 1. The highest BCUT2D eigenvalue weighted by Crippen LogP contribution is 2.20. The molecular formula is C12H26ClN3. The van der Waals surface area contributed by atoms with Crippen molar-refractivity contribution in [2.45, 2.75) is 25.7 Å². The van der Waals surface area contributed by atoms with Crippen LogP contribution < -0.4 is 5.73 Å². The van der Waals surface area contributed by atoms with Crippen LogP contribution in [0, 0.1) is 5.92 Å². The molecule has 2 saturated heterocycles. The van der Waals surface area contributed by atoms with E-state index in [2.05, 4.69) is 9.80 Å². The molecule has 0 spiro atoms. The molecule has 0 unspecified atom stereocenters. The van der Waals surface area contributed by atoms with Gasteiger partial charge in [0.15, 0.2) is 0 Å². The second kappa shape index (κ2) is 7.49. The summed E-state index contributed by atoms with van der Waals surface area (Å²) in [7, 11) is 0. The van der Waals surface area contributed by atoms with Crippen molar-refractivity contribution >= 4 is 12.4 Å². The Morgan fingerprint density at radius 3 is 2.12 bits per heavy atom. The maximum atomic E-state index is 5.58. The van der Waals surface area contributed by atoms with Crippen molar-refractivity contribution in [2.75, 3.05) is 45.8 Å². The SMILES string of the molecule is Cl.NCCN1CCC(CN2CCCC2)CC1. The molecule has 0 amide bonds. The van der Waals surface area contributed by atoms with Gasteiger partial charge in [0, 0.05) is 19.6 Å². The number of hydrogen-bond donors (Lipinski definition) is 1. The molecule has 3 nitrogen and oxygen atoms in total. The average Bonchev–Trinajstić information content (AvgIpc) is 2.74. The molecule has 0 aromatic heterocycles. The summed E-state index contributed by atoms with van der Waals surface area (Å²) in [5, 5.41) is 0. The number of nitrogens with zero attached hydrogens (tertiary/aromatic N) is 2. The van der Waals surface area contributed by atoms with Crippen LogP contribution in [0.1, 0.15) is 25.7 Å². The van der Waals surface area contributed by atoms with Gasteiger partial charge in [-0.2, -0.15) is 0 Å². The summed E-state index contributed by atoms with van der Waals surface area (Å²) < 4.78 is 0. The van der Waals surface area contributed by atoms with Gasteiger partial charge in [-0.15, -0.1) is 12.4 Å². The van der Waals surface area contributed by atoms with Crippen LogP contribution in [0.4, 0.5) is 0 Å². The second-order valence-electron chi connectivity index (χ2n) is 5.08. The minimum atomic E-state index is 0. The number of hydrogen-bond acceptors (Lipinski definition) is 3. The Bertz CT molecular complexity index is 175. The molecule has 0 aromatic rings. The molecule has 2 aliphatic rings. The van der Waals surface area contributed by atoms with Crippen LogP contribution in [0.15, 0.2) is 0 Å². The first-order valence-corrected chi connectivity index (χ1v) is 6.53. The Balaban J connectivity index is 0.00000128. The summed E-state index contributed by atoms with van der Waals surface area (Å²) in [6.07, 6.45) is 5.62. The average molecular weight is 248 g/mol. The van der Waals surface area contributed by atoms with Crippen LogP contribution in [-0.2, 0) is 0 Å². The highest BCUT2D eigenvalue weighted by molar-refractivity contribution is 5.85. The molecule has 16 heavy (non-hydrogen) atoms. The molecule has 0 aliphatic carbocycles. The maximum Gasteiger partial charge on any atom is 0.0105 e. The van der Waals surface area contributed by atoms with Crippen LogP contribution in [-0.4, -0.2) is 55.6 Å². The van der Waals surface area contributed by atoms with E-state index in [1.165, 1.54) is 58.4 Å². The van der Waals surface area contributed by atoms with Crippen LogP contribution in [0.5, 0.6) is 0 Å². The monoisotopic (exact) mass is 247 g/mol. The molecule has 0 radical (unpaired) electrons. The van der Waals surface area contributed by atoms with E-state index in [-0.39, 0.29) is 12.4 Å². The van der Waals surface area contributed by atoms with E-state index in [1.807, 2.05) is 0 Å². The summed E-state index contributed by atoms with van der Waals surface area (Å²) in [5.41, 5.74) is 5.58. The highest BCUT2D eigenvalue weighted by atomic mass is 35.5. The fourth-order valence-corrected chi connectivity index (χ4v) is 2.91. The molecule has 0 aromatic carbocycles. The van der Waals surface area contributed by atoms with Gasteiger partial charge in [0.2, 0.25) is 0 Å². The minimum Gasteiger partial charge on any atom is -0.329 e. The van der Waals surface area contributed by atoms with Gasteiger partial charge in [-0.05, 0) is 57.8 Å². The van der Waals surface area contributed by atoms with Crippen molar-refractivity contribution in [3.63, 3.8) is 0 Å². The molecule has 4 heteroatoms. The molecule has 2 N–H and O–H groups in total. The second-order valence-corrected chi connectivity index (χ2v) is 5.08. The van der Waals surface area contributed by atoms with Gasteiger partial charge in [-0.1, -0.05) is 0 Å². The standard InChI is InChI=1S/C12H25N3.ClH/c13-5-10-14-8-3-12(4-9-14)11-15-6-1-2-7-15;/h12H,1-11,13H2;1H. The lowest BCUT2D eigenvalue weighted by Gasteiger charge is -2.33. The number of halogens is 1. The Hall–Kier alpha value is 0.170. The zero-order chi connectivity index (χ0) is 10.5. The molecular weight excluding hydrogens is 222 g/mol. The molecule has 2 fully saturated rings. The largest absolute Gasteiger partial charge is 0.329 e. The highest BCUT2D eigenvalue weighted by Gasteiger charge is 2.22. The summed E-state index contributed by atoms with van der Waals surface area (Å²) in [5.74, 6) is 0.956. The third-order valence-electron chi connectivity index (χ3n) is 3.87. The normalized spacial score (nSPS) is 24.6. The van der Waals surface area contributed by atoms with Crippen LogP contribution >= 0.6 is 12.4 Å². The van der Waals surface area contributed by atoms with Crippen molar-refractivity contribution in [1.82, 2.24) is 9.80 Å². The van der Waals surface area contributed by atoms with E-state index in [9.17, 15) is 0 Å². The first-order valence-electron chi connectivity index (χ1n) is 6.53. The molecule has 2 heterocycles. The fourth-order valence-electron chi connectivity index (χ4n) is 2.91. The molecule has 2 aliphatic heterocycles. The smallest absolute Gasteiger partial charge is 0.0105 e. The lowest BCUT2D eigenvalue weighted by molar-refractivity contribution is 0.157. The van der Waals surface area contributed by atoms with Crippen LogP contribution in [0.3, 0.4) is 0 Å². The Morgan fingerprint density at radius 2 is 1.56 bits per heavy atom. The van der Waals surface area contributed by atoms with E-state index in [0.29, 0.717) is 0 Å². The van der Waals surface area contributed by atoms with Crippen LogP contribution in [0.25, 0.3) is 0 Å². The number of likely N-dealkylation sites (tertiary alicyclic amines) is 2. The quantitative estimate of drug-likeness (QED) is 0.810. The van der Waals surface area contributed by atoms with Gasteiger partial charge in [0.05, 0.1) is 0 Å². The Labute approximate surface area is 106 Å². The van der Waals surface area contributed by atoms with Gasteiger partial charge in [-0.25, -0.2) is 0 Å². The number of rotatable bonds is 4. The zero-order valence-corrected chi connectivity index (χ0v) is 11.1. The van der Waals surface area contributed by atoms with Crippen molar-refractivity contribution in [1.29, 1.82) is 0 Å². The zero-order valence-electron chi connectivity index (χ0n) is 10.2. The van der Waals surface area contributed by atoms with Gasteiger partial charge in [-0.3, -0.25) is 0 Å². The lowest BCUT2D eigenvalue weighted by atomic mass is 9.96. The predicted octanol–water partition coefficient (Wildman–Crippen LogP) is 1.17. The van der Waals surface area contributed by atoms with Gasteiger partial charge >= 0.3 is 0 Å². The third-order valence-corrected chi connectivity index (χ3v) is 3.87. The Morgan fingerprint density at radius 1 is 0.938 bits per heavy atom. The third kappa shape index (κ3) is 4.21. The summed E-state index contributed by atoms with van der Waals surface area (Å²) in [6, 6.07) is 0. The van der Waals surface area contributed by atoms with E-state index < -0.39 is 0 Å². The first kappa shape index (κ1) is 14.2. The summed E-state index contributed by atoms with van der Waals surface area (Å²) in [4.78, 5) is 5.17. The van der Waals surface area contributed by atoms with Gasteiger partial charge in [0.1, 0.15) is 0 Å². The molecule has 0 bridgehead atoms. The van der Waals surface area contributed by atoms with Crippen molar-refractivity contribution in [2.24, 2.45) is 11.7 Å². The van der Waals surface area contributed by atoms with Crippen molar-refractivity contribution < 1.29 is 0 Å². The number of nitrogens with two attached hydrogens (primary N) is 1. The van der Waals surface area contributed by atoms with Gasteiger partial charge in [0.25, 0.3) is 0 Å². The molecule has 96 valence electrons. The fraction of sp³-hybridized carbons (Fsp3) is 1.00. The van der Waals surface area contributed by atoms with Crippen LogP contribution in [0.2, 0.25) is 0 Å². The maximum absolute atomic E-state index is 5.58. The molecule has 0 saturated carbocycles. The van der Waals surface area contributed by atoms with E-state index in [1.54, 1.807) is 0 Å². The summed E-state index contributed by atoms with van der Waals surface area (Å²) >= 11 is 0. The molecule has 2 rings (SSSR count). The first-order chi connectivity index (χ1) is 7.38.